The molecule has 23 heavy (non-hydrogen) atoms. The van der Waals surface area contributed by atoms with Crippen molar-refractivity contribution in [2.75, 3.05) is 24.5 Å². The summed E-state index contributed by atoms with van der Waals surface area (Å²) < 4.78 is 0. The van der Waals surface area contributed by atoms with E-state index in [0.717, 1.165) is 31.6 Å². The van der Waals surface area contributed by atoms with Crippen molar-refractivity contribution in [2.24, 2.45) is 0 Å². The van der Waals surface area contributed by atoms with E-state index in [4.69, 9.17) is 0 Å². The van der Waals surface area contributed by atoms with Gasteiger partial charge in [0.1, 0.15) is 0 Å². The maximum absolute atomic E-state index is 4.13. The Hall–Kier alpha value is -2.33. The minimum atomic E-state index is 0.535. The number of benzene rings is 2. The lowest BCUT2D eigenvalue weighted by atomic mass is 10.0. The Morgan fingerprint density at radius 2 is 2.04 bits per heavy atom. The van der Waals surface area contributed by atoms with Crippen LogP contribution in [-0.2, 0) is 6.42 Å². The molecule has 1 fully saturated rings. The summed E-state index contributed by atoms with van der Waals surface area (Å²) in [5.41, 5.74) is 3.83. The molecule has 0 unspecified atom stereocenters. The van der Waals surface area contributed by atoms with E-state index < -0.39 is 0 Å². The molecule has 2 heterocycles. The van der Waals surface area contributed by atoms with Crippen LogP contribution in [0.15, 0.2) is 54.7 Å². The number of piperazine rings is 1. The number of nitrogens with one attached hydrogen (secondary N) is 2. The van der Waals surface area contributed by atoms with Crippen LogP contribution in [0.3, 0.4) is 0 Å². The molecule has 4 heteroatoms. The predicted molar refractivity (Wildman–Crippen MR) is 94.9 cm³/mol. The molecule has 1 aliphatic rings. The molecule has 2 aromatic carbocycles. The molecule has 118 valence electrons. The summed E-state index contributed by atoms with van der Waals surface area (Å²) in [6, 6.07) is 17.9. The molecule has 0 spiro atoms. The third-order valence-corrected chi connectivity index (χ3v) is 4.71. The number of anilines is 1. The molecule has 1 atom stereocenters. The Morgan fingerprint density at radius 3 is 2.96 bits per heavy atom. The largest absolute Gasteiger partial charge is 0.366 e. The fourth-order valence-corrected chi connectivity index (χ4v) is 3.45. The molecule has 0 amide bonds. The van der Waals surface area contributed by atoms with Crippen LogP contribution in [0, 0.1) is 0 Å². The lowest BCUT2D eigenvalue weighted by molar-refractivity contribution is 0.454. The number of rotatable bonds is 4. The molecule has 1 saturated heterocycles. The van der Waals surface area contributed by atoms with Gasteiger partial charge in [0.05, 0.1) is 11.7 Å². The summed E-state index contributed by atoms with van der Waals surface area (Å²) in [5.74, 6) is 0. The second-order valence-electron chi connectivity index (χ2n) is 6.22. The Morgan fingerprint density at radius 1 is 1.13 bits per heavy atom. The summed E-state index contributed by atoms with van der Waals surface area (Å²) in [6.45, 7) is 3.16. The van der Waals surface area contributed by atoms with E-state index >= 15 is 0 Å². The fraction of sp³-hybridized carbons (Fsp3) is 0.316. The molecule has 0 bridgehead atoms. The highest BCUT2D eigenvalue weighted by atomic mass is 15.2. The summed E-state index contributed by atoms with van der Waals surface area (Å²) in [6.07, 6.45) is 4.19. The summed E-state index contributed by atoms with van der Waals surface area (Å²) in [4.78, 5) is 2.55. The average molecular weight is 306 g/mol. The van der Waals surface area contributed by atoms with Crippen molar-refractivity contribution in [1.82, 2.24) is 15.5 Å². The lowest BCUT2D eigenvalue weighted by Crippen LogP contribution is -2.51. The van der Waals surface area contributed by atoms with Gasteiger partial charge in [-0.05, 0) is 36.6 Å². The maximum atomic E-state index is 4.13. The third-order valence-electron chi connectivity index (χ3n) is 4.71. The lowest BCUT2D eigenvalue weighted by Gasteiger charge is -2.38. The third kappa shape index (κ3) is 3.08. The molecule has 0 aliphatic carbocycles. The highest BCUT2D eigenvalue weighted by Gasteiger charge is 2.22. The standard InChI is InChI=1S/C19H22N4/c1-2-4-15(5-3-1)6-7-18-14-20-10-11-23(18)17-8-9-19-16(12-17)13-21-22-19/h1-5,8-9,12-13,18,20H,6-7,10-11,14H2,(H,21,22)/t18-/m1/s1. The van der Waals surface area contributed by atoms with Crippen molar-refractivity contribution in [3.8, 4) is 0 Å². The first-order valence-corrected chi connectivity index (χ1v) is 8.34. The normalized spacial score (nSPS) is 18.4. The number of nitrogens with zero attached hydrogens (tertiary/aromatic N) is 2. The second kappa shape index (κ2) is 6.42. The van der Waals surface area contributed by atoms with Crippen LogP contribution in [0.4, 0.5) is 5.69 Å². The Kier molecular flexibility index (Phi) is 3.99. The Labute approximate surface area is 136 Å². The SMILES string of the molecule is c1ccc(CC[C@@H]2CNCCN2c2ccc3[nH]ncc3c2)cc1. The minimum Gasteiger partial charge on any atom is -0.366 e. The van der Waals surface area contributed by atoms with Gasteiger partial charge < -0.3 is 10.2 Å². The summed E-state index contributed by atoms with van der Waals surface area (Å²) in [5, 5.41) is 11.9. The van der Waals surface area contributed by atoms with Gasteiger partial charge >= 0.3 is 0 Å². The number of hydrogen-bond donors (Lipinski definition) is 2. The Bertz CT molecular complexity index is 765. The molecule has 3 aromatic rings. The van der Waals surface area contributed by atoms with Crippen LogP contribution >= 0.6 is 0 Å². The molecular formula is C19H22N4. The first kappa shape index (κ1) is 14.3. The first-order chi connectivity index (χ1) is 11.4. The number of fused-ring (bicyclic) bond motifs is 1. The monoisotopic (exact) mass is 306 g/mol. The smallest absolute Gasteiger partial charge is 0.0651 e. The topological polar surface area (TPSA) is 44.0 Å². The van der Waals surface area contributed by atoms with Gasteiger partial charge in [0, 0.05) is 36.7 Å². The molecule has 0 saturated carbocycles. The predicted octanol–water partition coefficient (Wildman–Crippen LogP) is 2.97. The van der Waals surface area contributed by atoms with E-state index in [1.165, 1.54) is 23.1 Å². The van der Waals surface area contributed by atoms with Crippen LogP contribution < -0.4 is 10.2 Å². The van der Waals surface area contributed by atoms with E-state index in [0.29, 0.717) is 6.04 Å². The highest BCUT2D eigenvalue weighted by molar-refractivity contribution is 5.82. The zero-order chi connectivity index (χ0) is 15.5. The van der Waals surface area contributed by atoms with Crippen molar-refractivity contribution in [3.05, 3.63) is 60.3 Å². The number of aryl methyl sites for hydroxylation is 1. The molecular weight excluding hydrogens is 284 g/mol. The zero-order valence-corrected chi connectivity index (χ0v) is 13.2. The van der Waals surface area contributed by atoms with Crippen molar-refractivity contribution in [1.29, 1.82) is 0 Å². The van der Waals surface area contributed by atoms with Gasteiger partial charge in [-0.3, -0.25) is 5.10 Å². The minimum absolute atomic E-state index is 0.535. The van der Waals surface area contributed by atoms with Crippen molar-refractivity contribution < 1.29 is 0 Å². The van der Waals surface area contributed by atoms with E-state index in [-0.39, 0.29) is 0 Å². The molecule has 0 radical (unpaired) electrons. The molecule has 2 N–H and O–H groups in total. The van der Waals surface area contributed by atoms with Gasteiger partial charge in [0.2, 0.25) is 0 Å². The number of hydrogen-bond acceptors (Lipinski definition) is 3. The van der Waals surface area contributed by atoms with Gasteiger partial charge in [0.25, 0.3) is 0 Å². The average Bonchev–Trinajstić information content (AvgIpc) is 3.09. The van der Waals surface area contributed by atoms with Crippen molar-refractivity contribution in [2.45, 2.75) is 18.9 Å². The van der Waals surface area contributed by atoms with Gasteiger partial charge in [0.15, 0.2) is 0 Å². The van der Waals surface area contributed by atoms with E-state index in [9.17, 15) is 0 Å². The maximum Gasteiger partial charge on any atom is 0.0651 e. The fourth-order valence-electron chi connectivity index (χ4n) is 3.45. The van der Waals surface area contributed by atoms with Crippen LogP contribution in [0.2, 0.25) is 0 Å². The van der Waals surface area contributed by atoms with Crippen molar-refractivity contribution in [3.63, 3.8) is 0 Å². The van der Waals surface area contributed by atoms with Crippen LogP contribution in [0.5, 0.6) is 0 Å². The van der Waals surface area contributed by atoms with E-state index in [2.05, 4.69) is 68.9 Å². The van der Waals surface area contributed by atoms with Crippen LogP contribution in [-0.4, -0.2) is 35.9 Å². The van der Waals surface area contributed by atoms with Gasteiger partial charge in [-0.1, -0.05) is 30.3 Å². The molecule has 1 aliphatic heterocycles. The highest BCUT2D eigenvalue weighted by Crippen LogP contribution is 2.24. The van der Waals surface area contributed by atoms with Crippen molar-refractivity contribution >= 4 is 16.6 Å². The summed E-state index contributed by atoms with van der Waals surface area (Å²) in [7, 11) is 0. The summed E-state index contributed by atoms with van der Waals surface area (Å²) >= 11 is 0. The van der Waals surface area contributed by atoms with Gasteiger partial charge in [-0.15, -0.1) is 0 Å². The Balaban J connectivity index is 1.52. The van der Waals surface area contributed by atoms with Gasteiger partial charge in [-0.2, -0.15) is 5.10 Å². The van der Waals surface area contributed by atoms with Gasteiger partial charge in [-0.25, -0.2) is 0 Å². The quantitative estimate of drug-likeness (QED) is 0.779. The van der Waals surface area contributed by atoms with E-state index in [1.807, 2.05) is 6.20 Å². The zero-order valence-electron chi connectivity index (χ0n) is 13.2. The first-order valence-electron chi connectivity index (χ1n) is 8.34. The molecule has 4 nitrogen and oxygen atoms in total. The molecule has 1 aromatic heterocycles. The number of aromatic nitrogens is 2. The molecule has 4 rings (SSSR count). The second-order valence-corrected chi connectivity index (χ2v) is 6.22. The number of H-pyrrole nitrogens is 1. The van der Waals surface area contributed by atoms with Crippen LogP contribution in [0.1, 0.15) is 12.0 Å². The number of aromatic amines is 1. The van der Waals surface area contributed by atoms with E-state index in [1.54, 1.807) is 0 Å². The van der Waals surface area contributed by atoms with Crippen LogP contribution in [0.25, 0.3) is 10.9 Å².